The maximum atomic E-state index is 11.9. The monoisotopic (exact) mass is 257 g/mol. The third kappa shape index (κ3) is 3.37. The van der Waals surface area contributed by atoms with E-state index in [1.807, 2.05) is 54.6 Å². The second-order valence-corrected chi connectivity index (χ2v) is 4.34. The second-order valence-electron chi connectivity index (χ2n) is 4.02. The SMILES string of the molecule is O=C(NCc1ccccc1)c1ccc(CS)cc1. The van der Waals surface area contributed by atoms with E-state index < -0.39 is 0 Å². The summed E-state index contributed by atoms with van der Waals surface area (Å²) in [7, 11) is 0. The smallest absolute Gasteiger partial charge is 0.251 e. The Morgan fingerprint density at radius 1 is 0.944 bits per heavy atom. The summed E-state index contributed by atoms with van der Waals surface area (Å²) in [4.78, 5) is 11.9. The van der Waals surface area contributed by atoms with Crippen LogP contribution in [0.15, 0.2) is 54.6 Å². The van der Waals surface area contributed by atoms with Crippen LogP contribution >= 0.6 is 12.6 Å². The predicted octanol–water partition coefficient (Wildman–Crippen LogP) is 3.05. The molecule has 0 aliphatic rings. The summed E-state index contributed by atoms with van der Waals surface area (Å²) in [6, 6.07) is 17.4. The van der Waals surface area contributed by atoms with Gasteiger partial charge in [-0.3, -0.25) is 4.79 Å². The summed E-state index contributed by atoms with van der Waals surface area (Å²) in [5.41, 5.74) is 2.88. The van der Waals surface area contributed by atoms with E-state index in [0.29, 0.717) is 17.9 Å². The van der Waals surface area contributed by atoms with Crippen LogP contribution in [-0.4, -0.2) is 5.91 Å². The second kappa shape index (κ2) is 6.26. The Labute approximate surface area is 112 Å². The molecule has 0 atom stereocenters. The highest BCUT2D eigenvalue weighted by atomic mass is 32.1. The third-order valence-electron chi connectivity index (χ3n) is 2.69. The van der Waals surface area contributed by atoms with Crippen molar-refractivity contribution in [1.29, 1.82) is 0 Å². The van der Waals surface area contributed by atoms with Crippen LogP contribution in [0.4, 0.5) is 0 Å². The van der Waals surface area contributed by atoms with Crippen molar-refractivity contribution in [3.8, 4) is 0 Å². The van der Waals surface area contributed by atoms with E-state index in [2.05, 4.69) is 17.9 Å². The Bertz CT molecular complexity index is 508. The molecule has 0 aliphatic heterocycles. The van der Waals surface area contributed by atoms with Gasteiger partial charge >= 0.3 is 0 Å². The molecule has 92 valence electrons. The van der Waals surface area contributed by atoms with Gasteiger partial charge in [-0.1, -0.05) is 42.5 Å². The summed E-state index contributed by atoms with van der Waals surface area (Å²) in [5, 5.41) is 2.89. The fourth-order valence-corrected chi connectivity index (χ4v) is 1.85. The minimum absolute atomic E-state index is 0.0513. The molecule has 0 bridgehead atoms. The van der Waals surface area contributed by atoms with Gasteiger partial charge in [0.1, 0.15) is 0 Å². The Morgan fingerprint density at radius 2 is 1.61 bits per heavy atom. The Kier molecular flexibility index (Phi) is 4.42. The van der Waals surface area contributed by atoms with Crippen LogP contribution in [-0.2, 0) is 12.3 Å². The molecule has 3 heteroatoms. The zero-order chi connectivity index (χ0) is 12.8. The van der Waals surface area contributed by atoms with E-state index in [4.69, 9.17) is 0 Å². The molecule has 0 aliphatic carbocycles. The van der Waals surface area contributed by atoms with Crippen molar-refractivity contribution in [2.75, 3.05) is 0 Å². The van der Waals surface area contributed by atoms with E-state index in [1.54, 1.807) is 0 Å². The van der Waals surface area contributed by atoms with Crippen molar-refractivity contribution < 1.29 is 4.79 Å². The maximum Gasteiger partial charge on any atom is 0.251 e. The summed E-state index contributed by atoms with van der Waals surface area (Å²) in [6.07, 6.45) is 0. The molecule has 0 heterocycles. The van der Waals surface area contributed by atoms with Crippen molar-refractivity contribution in [3.63, 3.8) is 0 Å². The molecule has 0 saturated carbocycles. The molecule has 0 radical (unpaired) electrons. The molecule has 2 rings (SSSR count). The van der Waals surface area contributed by atoms with Crippen molar-refractivity contribution in [3.05, 3.63) is 71.3 Å². The van der Waals surface area contributed by atoms with Crippen LogP contribution in [0.2, 0.25) is 0 Å². The molecule has 2 nitrogen and oxygen atoms in total. The van der Waals surface area contributed by atoms with Gasteiger partial charge in [0.25, 0.3) is 5.91 Å². The van der Waals surface area contributed by atoms with Gasteiger partial charge in [-0.2, -0.15) is 12.6 Å². The standard InChI is InChI=1S/C15H15NOS/c17-15(14-8-6-13(11-18)7-9-14)16-10-12-4-2-1-3-5-12/h1-9,18H,10-11H2,(H,16,17). The summed E-state index contributed by atoms with van der Waals surface area (Å²) in [5.74, 6) is 0.635. The van der Waals surface area contributed by atoms with Crippen molar-refractivity contribution in [2.45, 2.75) is 12.3 Å². The van der Waals surface area contributed by atoms with Crippen molar-refractivity contribution in [1.82, 2.24) is 5.32 Å². The Balaban J connectivity index is 1.95. The molecule has 18 heavy (non-hydrogen) atoms. The zero-order valence-corrected chi connectivity index (χ0v) is 10.9. The van der Waals surface area contributed by atoms with Gasteiger partial charge in [0.15, 0.2) is 0 Å². The van der Waals surface area contributed by atoms with Gasteiger partial charge < -0.3 is 5.32 Å². The molecule has 0 spiro atoms. The normalized spacial score (nSPS) is 10.1. The molecular weight excluding hydrogens is 242 g/mol. The lowest BCUT2D eigenvalue weighted by Gasteiger charge is -2.05. The third-order valence-corrected chi connectivity index (χ3v) is 3.06. The Hall–Kier alpha value is -1.74. The maximum absolute atomic E-state index is 11.9. The number of benzene rings is 2. The summed E-state index contributed by atoms with van der Waals surface area (Å²) >= 11 is 4.18. The van der Waals surface area contributed by atoms with Crippen LogP contribution < -0.4 is 5.32 Å². The number of carbonyl (C=O) groups is 1. The van der Waals surface area contributed by atoms with Crippen molar-refractivity contribution >= 4 is 18.5 Å². The minimum Gasteiger partial charge on any atom is -0.348 e. The van der Waals surface area contributed by atoms with Crippen LogP contribution in [0.5, 0.6) is 0 Å². The highest BCUT2D eigenvalue weighted by Gasteiger charge is 2.04. The fraction of sp³-hybridized carbons (Fsp3) is 0.133. The van der Waals surface area contributed by atoms with Gasteiger partial charge in [-0.05, 0) is 23.3 Å². The molecule has 0 unspecified atom stereocenters. The van der Waals surface area contributed by atoms with Gasteiger partial charge in [0.2, 0.25) is 0 Å². The number of amides is 1. The number of rotatable bonds is 4. The van der Waals surface area contributed by atoms with Crippen LogP contribution in [0.3, 0.4) is 0 Å². The lowest BCUT2D eigenvalue weighted by atomic mass is 10.1. The summed E-state index contributed by atoms with van der Waals surface area (Å²) in [6.45, 7) is 0.550. The molecule has 2 aromatic rings. The van der Waals surface area contributed by atoms with Gasteiger partial charge in [0.05, 0.1) is 0 Å². The van der Waals surface area contributed by atoms with Gasteiger partial charge in [0, 0.05) is 17.9 Å². The minimum atomic E-state index is -0.0513. The largest absolute Gasteiger partial charge is 0.348 e. The number of hydrogen-bond acceptors (Lipinski definition) is 2. The number of hydrogen-bond donors (Lipinski definition) is 2. The zero-order valence-electron chi connectivity index (χ0n) is 9.97. The highest BCUT2D eigenvalue weighted by molar-refractivity contribution is 7.79. The molecule has 2 aromatic carbocycles. The number of nitrogens with one attached hydrogen (secondary N) is 1. The van der Waals surface area contributed by atoms with E-state index >= 15 is 0 Å². The molecule has 0 aromatic heterocycles. The Morgan fingerprint density at radius 3 is 2.22 bits per heavy atom. The first-order chi connectivity index (χ1) is 8.79. The van der Waals surface area contributed by atoms with Crippen LogP contribution in [0, 0.1) is 0 Å². The van der Waals surface area contributed by atoms with Crippen molar-refractivity contribution in [2.24, 2.45) is 0 Å². The van der Waals surface area contributed by atoms with E-state index in [-0.39, 0.29) is 5.91 Å². The predicted molar refractivity (Wildman–Crippen MR) is 76.7 cm³/mol. The first kappa shape index (κ1) is 12.7. The highest BCUT2D eigenvalue weighted by Crippen LogP contribution is 2.07. The average molecular weight is 257 g/mol. The number of carbonyl (C=O) groups excluding carboxylic acids is 1. The van der Waals surface area contributed by atoms with Gasteiger partial charge in [-0.25, -0.2) is 0 Å². The number of thiol groups is 1. The molecule has 0 fully saturated rings. The lowest BCUT2D eigenvalue weighted by Crippen LogP contribution is -2.22. The quantitative estimate of drug-likeness (QED) is 0.810. The molecule has 1 amide bonds. The van der Waals surface area contributed by atoms with E-state index in [9.17, 15) is 4.79 Å². The fourth-order valence-electron chi connectivity index (χ4n) is 1.64. The average Bonchev–Trinajstić information content (AvgIpc) is 2.46. The first-order valence-corrected chi connectivity index (χ1v) is 6.45. The molecule has 0 saturated heterocycles. The van der Waals surface area contributed by atoms with E-state index in [0.717, 1.165) is 11.1 Å². The molecule has 1 N–H and O–H groups in total. The lowest BCUT2D eigenvalue weighted by molar-refractivity contribution is 0.0951. The molecular formula is C15H15NOS. The van der Waals surface area contributed by atoms with Gasteiger partial charge in [-0.15, -0.1) is 0 Å². The summed E-state index contributed by atoms with van der Waals surface area (Å²) < 4.78 is 0. The van der Waals surface area contributed by atoms with E-state index in [1.165, 1.54) is 0 Å². The van der Waals surface area contributed by atoms with Crippen LogP contribution in [0.1, 0.15) is 21.5 Å². The van der Waals surface area contributed by atoms with Crippen LogP contribution in [0.25, 0.3) is 0 Å². The topological polar surface area (TPSA) is 29.1 Å². The first-order valence-electron chi connectivity index (χ1n) is 5.81.